The first kappa shape index (κ1) is 32.0. The van der Waals surface area contributed by atoms with Gasteiger partial charge in [-0.25, -0.2) is 0 Å². The summed E-state index contributed by atoms with van der Waals surface area (Å²) in [6, 6.07) is 0. The minimum absolute atomic E-state index is 0.0293. The molecule has 192 valence electrons. The number of hydrogen-bond donors (Lipinski definition) is 1. The summed E-state index contributed by atoms with van der Waals surface area (Å²) < 4.78 is 13.7. The quantitative estimate of drug-likeness (QED) is 0.231. The van der Waals surface area contributed by atoms with Crippen LogP contribution in [-0.4, -0.2) is 46.3 Å². The van der Waals surface area contributed by atoms with Crippen LogP contribution in [0.25, 0.3) is 0 Å². The molecule has 32 heavy (non-hydrogen) atoms. The van der Waals surface area contributed by atoms with Gasteiger partial charge in [-0.3, -0.25) is 0 Å². The van der Waals surface area contributed by atoms with E-state index in [2.05, 4.69) is 88.5 Å². The van der Waals surface area contributed by atoms with Crippen molar-refractivity contribution in [2.24, 2.45) is 23.7 Å². The molecule has 7 atom stereocenters. The lowest BCUT2D eigenvalue weighted by Crippen LogP contribution is -2.50. The summed E-state index contributed by atoms with van der Waals surface area (Å²) in [5.41, 5.74) is 0. The Morgan fingerprint density at radius 3 is 1.41 bits per heavy atom. The van der Waals surface area contributed by atoms with Gasteiger partial charge in [0.15, 0.2) is 16.6 Å². The fourth-order valence-corrected chi connectivity index (χ4v) is 6.69. The van der Waals surface area contributed by atoms with Gasteiger partial charge in [0.05, 0.1) is 18.3 Å². The van der Waals surface area contributed by atoms with E-state index in [9.17, 15) is 9.90 Å². The largest absolute Gasteiger partial charge is 0.413 e. The number of aldehydes is 1. The third-order valence-electron chi connectivity index (χ3n) is 8.35. The average Bonchev–Trinajstić information content (AvgIpc) is 2.60. The molecule has 0 heterocycles. The predicted octanol–water partition coefficient (Wildman–Crippen LogP) is 7.28. The second kappa shape index (κ2) is 11.6. The lowest BCUT2D eigenvalue weighted by molar-refractivity contribution is -0.114. The van der Waals surface area contributed by atoms with Crippen LogP contribution in [0.1, 0.15) is 82.6 Å². The highest BCUT2D eigenvalue weighted by Crippen LogP contribution is 2.42. The summed E-state index contributed by atoms with van der Waals surface area (Å²) in [7, 11) is -4.02. The third-order valence-corrected chi connectivity index (χ3v) is 17.3. The normalized spacial score (nSPS) is 20.8. The first-order chi connectivity index (χ1) is 14.1. The molecule has 6 heteroatoms. The molecule has 0 rings (SSSR count). The molecule has 0 amide bonds. The SMILES string of the molecule is CC(O)C(C)C(O[Si](C)(C)C(C)(C)C)C(C)CC(C)C(O[Si](C)(C)C(C)(C)C)C(C)C=O. The molecule has 0 spiro atoms. The Hall–Kier alpha value is -0.0162. The molecule has 0 aliphatic carbocycles. The van der Waals surface area contributed by atoms with Crippen LogP contribution < -0.4 is 0 Å². The van der Waals surface area contributed by atoms with Crippen molar-refractivity contribution in [3.8, 4) is 0 Å². The maximum Gasteiger partial charge on any atom is 0.192 e. The van der Waals surface area contributed by atoms with Crippen molar-refractivity contribution < 1.29 is 18.8 Å². The molecule has 0 saturated heterocycles. The molecule has 0 saturated carbocycles. The van der Waals surface area contributed by atoms with Crippen molar-refractivity contribution in [3.05, 3.63) is 0 Å². The zero-order chi connectivity index (χ0) is 25.9. The topological polar surface area (TPSA) is 55.8 Å². The number of rotatable bonds is 12. The van der Waals surface area contributed by atoms with E-state index in [-0.39, 0.29) is 46.0 Å². The highest BCUT2D eigenvalue weighted by molar-refractivity contribution is 6.74. The zero-order valence-corrected chi connectivity index (χ0v) is 26.0. The molecule has 4 nitrogen and oxygen atoms in total. The van der Waals surface area contributed by atoms with E-state index in [1.165, 1.54) is 0 Å². The maximum atomic E-state index is 11.8. The van der Waals surface area contributed by atoms with Gasteiger partial charge in [-0.15, -0.1) is 0 Å². The van der Waals surface area contributed by atoms with Crippen LogP contribution in [-0.2, 0) is 13.6 Å². The minimum Gasteiger partial charge on any atom is -0.413 e. The van der Waals surface area contributed by atoms with E-state index in [0.29, 0.717) is 0 Å². The fourth-order valence-electron chi connectivity index (χ4n) is 3.72. The lowest BCUT2D eigenvalue weighted by Gasteiger charge is -2.45. The van der Waals surface area contributed by atoms with Crippen LogP contribution >= 0.6 is 0 Å². The van der Waals surface area contributed by atoms with E-state index < -0.39 is 22.7 Å². The zero-order valence-electron chi connectivity index (χ0n) is 24.0. The van der Waals surface area contributed by atoms with E-state index in [0.717, 1.165) is 12.7 Å². The molecule has 0 fully saturated rings. The van der Waals surface area contributed by atoms with Crippen LogP contribution in [0.3, 0.4) is 0 Å². The number of aliphatic hydroxyl groups is 1. The lowest BCUT2D eigenvalue weighted by atomic mass is 9.81. The Balaban J connectivity index is 5.83. The van der Waals surface area contributed by atoms with Gasteiger partial charge in [0.1, 0.15) is 6.29 Å². The first-order valence-corrected chi connectivity index (χ1v) is 18.4. The van der Waals surface area contributed by atoms with Crippen molar-refractivity contribution in [1.29, 1.82) is 0 Å². The molecular formula is C26H56O4Si2. The fraction of sp³-hybridized carbons (Fsp3) is 0.962. The summed E-state index contributed by atoms with van der Waals surface area (Å²) in [6.45, 7) is 32.9. The van der Waals surface area contributed by atoms with Gasteiger partial charge in [0, 0.05) is 11.8 Å². The third kappa shape index (κ3) is 8.64. The Morgan fingerprint density at radius 1 is 0.750 bits per heavy atom. The standard InChI is InChI=1S/C26H56O4Si2/c1-18(23(20(3)17-27)29-31(12,13)25(6,7)8)16-19(2)24(21(4)22(5)28)30-32(14,15)26(9,10)11/h17-24,28H,16H2,1-15H3. The summed E-state index contributed by atoms with van der Waals surface area (Å²) in [5.74, 6) is 0.342. The van der Waals surface area contributed by atoms with Crippen molar-refractivity contribution >= 4 is 22.9 Å². The highest BCUT2D eigenvalue weighted by atomic mass is 28.4. The predicted molar refractivity (Wildman–Crippen MR) is 143 cm³/mol. The molecule has 0 aromatic heterocycles. The van der Waals surface area contributed by atoms with Crippen molar-refractivity contribution in [2.75, 3.05) is 0 Å². The van der Waals surface area contributed by atoms with Crippen LogP contribution in [0.4, 0.5) is 0 Å². The van der Waals surface area contributed by atoms with Crippen LogP contribution in [0.5, 0.6) is 0 Å². The van der Waals surface area contributed by atoms with Crippen molar-refractivity contribution in [2.45, 2.75) is 137 Å². The van der Waals surface area contributed by atoms with E-state index >= 15 is 0 Å². The van der Waals surface area contributed by atoms with E-state index in [1.54, 1.807) is 0 Å². The molecule has 0 aliphatic heterocycles. The van der Waals surface area contributed by atoms with Gasteiger partial charge >= 0.3 is 0 Å². The molecular weight excluding hydrogens is 432 g/mol. The summed E-state index contributed by atoms with van der Waals surface area (Å²) in [4.78, 5) is 11.8. The average molecular weight is 489 g/mol. The highest BCUT2D eigenvalue weighted by Gasteiger charge is 2.44. The molecule has 1 N–H and O–H groups in total. The summed E-state index contributed by atoms with van der Waals surface area (Å²) >= 11 is 0. The number of carbonyl (C=O) groups excluding carboxylic acids is 1. The van der Waals surface area contributed by atoms with E-state index in [4.69, 9.17) is 8.85 Å². The van der Waals surface area contributed by atoms with Crippen molar-refractivity contribution in [1.82, 2.24) is 0 Å². The van der Waals surface area contributed by atoms with Crippen molar-refractivity contribution in [3.63, 3.8) is 0 Å². The van der Waals surface area contributed by atoms with E-state index in [1.807, 2.05) is 13.8 Å². The van der Waals surface area contributed by atoms with Crippen LogP contribution in [0.2, 0.25) is 36.3 Å². The molecule has 0 bridgehead atoms. The van der Waals surface area contributed by atoms with Gasteiger partial charge in [-0.05, 0) is 61.4 Å². The van der Waals surface area contributed by atoms with Crippen LogP contribution in [0.15, 0.2) is 0 Å². The van der Waals surface area contributed by atoms with Gasteiger partial charge < -0.3 is 18.8 Å². The second-order valence-electron chi connectivity index (χ2n) is 13.5. The number of aliphatic hydroxyl groups excluding tert-OH is 1. The Morgan fingerprint density at radius 2 is 1.09 bits per heavy atom. The number of carbonyl (C=O) groups is 1. The Labute approximate surface area is 202 Å². The monoisotopic (exact) mass is 488 g/mol. The molecule has 0 radical (unpaired) electrons. The summed E-state index contributed by atoms with van der Waals surface area (Å²) in [6.07, 6.45) is 1.37. The van der Waals surface area contributed by atoms with Gasteiger partial charge in [-0.1, -0.05) is 69.2 Å². The summed E-state index contributed by atoms with van der Waals surface area (Å²) in [5, 5.41) is 10.6. The van der Waals surface area contributed by atoms with Gasteiger partial charge in [-0.2, -0.15) is 0 Å². The van der Waals surface area contributed by atoms with Gasteiger partial charge in [0.2, 0.25) is 0 Å². The Bertz CT molecular complexity index is 575. The molecule has 0 aromatic carbocycles. The smallest absolute Gasteiger partial charge is 0.192 e. The second-order valence-corrected chi connectivity index (χ2v) is 23.0. The molecule has 0 aliphatic rings. The molecule has 7 unspecified atom stereocenters. The minimum atomic E-state index is -2.01. The van der Waals surface area contributed by atoms with Crippen LogP contribution in [0, 0.1) is 23.7 Å². The number of hydrogen-bond acceptors (Lipinski definition) is 4. The first-order valence-electron chi connectivity index (χ1n) is 12.6. The maximum absolute atomic E-state index is 11.8. The van der Waals surface area contributed by atoms with Gasteiger partial charge in [0.25, 0.3) is 0 Å². The molecule has 0 aromatic rings. The Kier molecular flexibility index (Phi) is 11.6.